The summed E-state index contributed by atoms with van der Waals surface area (Å²) in [5.41, 5.74) is 0.235. The lowest BCUT2D eigenvalue weighted by atomic mass is 10.1. The molecule has 1 aromatic rings. The van der Waals surface area contributed by atoms with E-state index in [0.29, 0.717) is 31.7 Å². The second kappa shape index (κ2) is 6.02. The van der Waals surface area contributed by atoms with Crippen LogP contribution < -0.4 is 4.74 Å². The van der Waals surface area contributed by atoms with E-state index in [1.165, 1.54) is 25.3 Å². The topological polar surface area (TPSA) is 49.8 Å². The Morgan fingerprint density at radius 1 is 1.42 bits per heavy atom. The lowest BCUT2D eigenvalue weighted by Crippen LogP contribution is -2.32. The highest BCUT2D eigenvalue weighted by Crippen LogP contribution is 2.22. The number of likely N-dealkylation sites (tertiary alicyclic amines) is 1. The van der Waals surface area contributed by atoms with Crippen molar-refractivity contribution < 1.29 is 19.0 Å². The number of aliphatic hydroxyl groups is 1. The van der Waals surface area contributed by atoms with Crippen LogP contribution in [0.25, 0.3) is 0 Å². The molecule has 0 unspecified atom stereocenters. The Bertz CT molecular complexity index is 464. The summed E-state index contributed by atoms with van der Waals surface area (Å²) in [5.74, 6) is -0.333. The van der Waals surface area contributed by atoms with Crippen molar-refractivity contribution in [3.8, 4) is 5.75 Å². The summed E-state index contributed by atoms with van der Waals surface area (Å²) in [6.45, 7) is 1.06. The van der Waals surface area contributed by atoms with Crippen LogP contribution >= 0.6 is 0 Å². The van der Waals surface area contributed by atoms with Crippen molar-refractivity contribution in [3.63, 3.8) is 0 Å². The fraction of sp³-hybridized carbons (Fsp3) is 0.500. The number of hydrogen-bond acceptors (Lipinski definition) is 3. The molecule has 0 saturated carbocycles. The maximum Gasteiger partial charge on any atom is 0.257 e. The summed E-state index contributed by atoms with van der Waals surface area (Å²) < 4.78 is 18.4. The van der Waals surface area contributed by atoms with E-state index < -0.39 is 5.82 Å². The Morgan fingerprint density at radius 3 is 2.95 bits per heavy atom. The van der Waals surface area contributed by atoms with Crippen LogP contribution in [0.4, 0.5) is 4.39 Å². The molecule has 1 aromatic carbocycles. The average Bonchev–Trinajstić information content (AvgIpc) is 2.62. The van der Waals surface area contributed by atoms with Crippen LogP contribution in [0.2, 0.25) is 0 Å². The number of benzene rings is 1. The molecule has 5 heteroatoms. The molecule has 0 spiro atoms. The van der Waals surface area contributed by atoms with Gasteiger partial charge in [0.1, 0.15) is 11.6 Å². The Morgan fingerprint density at radius 2 is 2.21 bits per heavy atom. The first-order valence-electron chi connectivity index (χ1n) is 6.42. The Hall–Kier alpha value is -1.62. The van der Waals surface area contributed by atoms with E-state index in [2.05, 4.69) is 0 Å². The molecule has 104 valence electrons. The minimum Gasteiger partial charge on any atom is -0.496 e. The van der Waals surface area contributed by atoms with Crippen LogP contribution in [0.5, 0.6) is 5.75 Å². The number of carbonyl (C=O) groups is 1. The van der Waals surface area contributed by atoms with Crippen LogP contribution in [0.3, 0.4) is 0 Å². The van der Waals surface area contributed by atoms with Gasteiger partial charge in [-0.3, -0.25) is 4.79 Å². The zero-order valence-electron chi connectivity index (χ0n) is 10.9. The van der Waals surface area contributed by atoms with E-state index >= 15 is 0 Å². The molecule has 2 rings (SSSR count). The highest BCUT2D eigenvalue weighted by molar-refractivity contribution is 5.97. The molecule has 1 heterocycles. The Balaban J connectivity index is 2.21. The van der Waals surface area contributed by atoms with Crippen LogP contribution in [0.1, 0.15) is 29.6 Å². The highest BCUT2D eigenvalue weighted by atomic mass is 19.1. The zero-order chi connectivity index (χ0) is 13.8. The summed E-state index contributed by atoms with van der Waals surface area (Å²) in [6, 6.07) is 3.92. The molecular formula is C14H18FNO3. The molecular weight excluding hydrogens is 249 g/mol. The van der Waals surface area contributed by atoms with Gasteiger partial charge in [-0.05, 0) is 37.5 Å². The molecule has 1 fully saturated rings. The number of halogens is 1. The van der Waals surface area contributed by atoms with Crippen LogP contribution in [-0.2, 0) is 0 Å². The van der Waals surface area contributed by atoms with Crippen molar-refractivity contribution in [2.75, 3.05) is 20.2 Å². The third-order valence-corrected chi connectivity index (χ3v) is 3.38. The normalized spacial score (nSPS) is 19.9. The Kier molecular flexibility index (Phi) is 4.37. The number of nitrogens with zero attached hydrogens (tertiary/aromatic N) is 1. The van der Waals surface area contributed by atoms with Crippen molar-refractivity contribution in [2.24, 2.45) is 0 Å². The third kappa shape index (κ3) is 3.23. The second-order valence-corrected chi connectivity index (χ2v) is 4.72. The second-order valence-electron chi connectivity index (χ2n) is 4.72. The van der Waals surface area contributed by atoms with Crippen molar-refractivity contribution in [3.05, 3.63) is 29.6 Å². The molecule has 1 saturated heterocycles. The molecule has 1 atom stereocenters. The zero-order valence-corrected chi connectivity index (χ0v) is 10.9. The molecule has 0 aliphatic carbocycles. The first-order valence-corrected chi connectivity index (χ1v) is 6.42. The SMILES string of the molecule is COc1ccc(F)cc1C(=O)N1CCC[C@@H](O)CC1. The van der Waals surface area contributed by atoms with Crippen molar-refractivity contribution >= 4 is 5.91 Å². The quantitative estimate of drug-likeness (QED) is 0.889. The molecule has 19 heavy (non-hydrogen) atoms. The van der Waals surface area contributed by atoms with Gasteiger partial charge in [0.15, 0.2) is 0 Å². The molecule has 1 aliphatic rings. The summed E-state index contributed by atoms with van der Waals surface area (Å²) in [5, 5.41) is 9.58. The third-order valence-electron chi connectivity index (χ3n) is 3.38. The summed E-state index contributed by atoms with van der Waals surface area (Å²) in [7, 11) is 1.45. The molecule has 0 aromatic heterocycles. The van der Waals surface area contributed by atoms with Gasteiger partial charge in [0.05, 0.1) is 18.8 Å². The smallest absolute Gasteiger partial charge is 0.257 e. The number of hydrogen-bond donors (Lipinski definition) is 1. The lowest BCUT2D eigenvalue weighted by molar-refractivity contribution is 0.0749. The van der Waals surface area contributed by atoms with Crippen LogP contribution in [-0.4, -0.2) is 42.2 Å². The summed E-state index contributed by atoms with van der Waals surface area (Å²) in [6.07, 6.45) is 1.66. The van der Waals surface area contributed by atoms with Gasteiger partial charge < -0.3 is 14.7 Å². The molecule has 0 radical (unpaired) electrons. The lowest BCUT2D eigenvalue weighted by Gasteiger charge is -2.21. The minimum absolute atomic E-state index is 0.235. The van der Waals surface area contributed by atoms with Gasteiger partial charge in [0.25, 0.3) is 5.91 Å². The maximum absolute atomic E-state index is 13.3. The van der Waals surface area contributed by atoms with Crippen LogP contribution in [0, 0.1) is 5.82 Å². The van der Waals surface area contributed by atoms with Gasteiger partial charge in [-0.15, -0.1) is 0 Å². The van der Waals surface area contributed by atoms with Gasteiger partial charge in [-0.1, -0.05) is 0 Å². The first kappa shape index (κ1) is 13.8. The van der Waals surface area contributed by atoms with E-state index in [-0.39, 0.29) is 17.6 Å². The molecule has 1 N–H and O–H groups in total. The number of ether oxygens (including phenoxy) is 1. The fourth-order valence-corrected chi connectivity index (χ4v) is 2.30. The predicted molar refractivity (Wildman–Crippen MR) is 68.7 cm³/mol. The first-order chi connectivity index (χ1) is 9.11. The maximum atomic E-state index is 13.3. The monoisotopic (exact) mass is 267 g/mol. The van der Waals surface area contributed by atoms with Crippen molar-refractivity contribution in [2.45, 2.75) is 25.4 Å². The molecule has 1 aliphatic heterocycles. The van der Waals surface area contributed by atoms with E-state index in [1.54, 1.807) is 4.90 Å². The standard InChI is InChI=1S/C14H18FNO3/c1-19-13-5-4-10(15)9-12(13)14(18)16-7-2-3-11(17)6-8-16/h4-5,9,11,17H,2-3,6-8H2,1H3/t11-/m1/s1. The van der Waals surface area contributed by atoms with E-state index in [0.717, 1.165) is 6.42 Å². The van der Waals surface area contributed by atoms with E-state index in [4.69, 9.17) is 4.74 Å². The fourth-order valence-electron chi connectivity index (χ4n) is 2.30. The van der Waals surface area contributed by atoms with Crippen LogP contribution in [0.15, 0.2) is 18.2 Å². The largest absolute Gasteiger partial charge is 0.496 e. The number of rotatable bonds is 2. The number of methoxy groups -OCH3 is 1. The van der Waals surface area contributed by atoms with Gasteiger partial charge >= 0.3 is 0 Å². The van der Waals surface area contributed by atoms with Gasteiger partial charge in [-0.2, -0.15) is 0 Å². The Labute approximate surface area is 111 Å². The van der Waals surface area contributed by atoms with Gasteiger partial charge in [0.2, 0.25) is 0 Å². The van der Waals surface area contributed by atoms with Crippen molar-refractivity contribution in [1.29, 1.82) is 0 Å². The predicted octanol–water partition coefficient (Wildman–Crippen LogP) is 1.82. The highest BCUT2D eigenvalue weighted by Gasteiger charge is 2.23. The molecule has 1 amide bonds. The minimum atomic E-state index is -0.459. The van der Waals surface area contributed by atoms with E-state index in [9.17, 15) is 14.3 Å². The number of aliphatic hydroxyl groups excluding tert-OH is 1. The van der Waals surface area contributed by atoms with Gasteiger partial charge in [-0.25, -0.2) is 4.39 Å². The number of amides is 1. The molecule has 4 nitrogen and oxygen atoms in total. The molecule has 0 bridgehead atoms. The van der Waals surface area contributed by atoms with E-state index in [1.807, 2.05) is 0 Å². The van der Waals surface area contributed by atoms with Crippen molar-refractivity contribution in [1.82, 2.24) is 4.90 Å². The average molecular weight is 267 g/mol. The summed E-state index contributed by atoms with van der Waals surface area (Å²) >= 11 is 0. The summed E-state index contributed by atoms with van der Waals surface area (Å²) in [4.78, 5) is 14.0. The van der Waals surface area contributed by atoms with Gasteiger partial charge in [0, 0.05) is 13.1 Å². The number of carbonyl (C=O) groups excluding carboxylic acids is 1.